The van der Waals surface area contributed by atoms with Gasteiger partial charge in [-0.05, 0) is 31.2 Å². The van der Waals surface area contributed by atoms with Gasteiger partial charge in [0, 0.05) is 19.2 Å². The van der Waals surface area contributed by atoms with Crippen LogP contribution in [0.2, 0.25) is 0 Å². The molecule has 1 aromatic carbocycles. The van der Waals surface area contributed by atoms with Crippen LogP contribution in [-0.4, -0.2) is 20.1 Å². The van der Waals surface area contributed by atoms with Crippen LogP contribution in [0.25, 0.3) is 5.69 Å². The number of nitrogens with one attached hydrogen (secondary N) is 1. The SMILES string of the molecule is CCn1c(O)cn(-c2ccc(NC(C)=O)cc2)c1=O. The van der Waals surface area contributed by atoms with Gasteiger partial charge < -0.3 is 10.4 Å². The summed E-state index contributed by atoms with van der Waals surface area (Å²) in [7, 11) is 0. The summed E-state index contributed by atoms with van der Waals surface area (Å²) in [5, 5.41) is 12.3. The number of amides is 1. The highest BCUT2D eigenvalue weighted by atomic mass is 16.3. The van der Waals surface area contributed by atoms with Crippen molar-refractivity contribution in [1.82, 2.24) is 9.13 Å². The third-order valence-corrected chi connectivity index (χ3v) is 2.74. The van der Waals surface area contributed by atoms with Crippen LogP contribution in [0.1, 0.15) is 13.8 Å². The quantitative estimate of drug-likeness (QED) is 0.875. The number of hydrogen-bond acceptors (Lipinski definition) is 3. The fourth-order valence-corrected chi connectivity index (χ4v) is 1.86. The zero-order chi connectivity index (χ0) is 14.0. The molecule has 0 spiro atoms. The second-order valence-electron chi connectivity index (χ2n) is 4.11. The lowest BCUT2D eigenvalue weighted by Gasteiger charge is -2.04. The number of carbonyl (C=O) groups is 1. The van der Waals surface area contributed by atoms with Crippen LogP contribution in [0, 0.1) is 0 Å². The molecule has 0 aliphatic carbocycles. The maximum atomic E-state index is 12.0. The lowest BCUT2D eigenvalue weighted by molar-refractivity contribution is -0.114. The summed E-state index contributed by atoms with van der Waals surface area (Å²) in [6.07, 6.45) is 1.37. The molecule has 0 aliphatic rings. The van der Waals surface area contributed by atoms with Crippen LogP contribution in [-0.2, 0) is 11.3 Å². The number of rotatable bonds is 3. The van der Waals surface area contributed by atoms with E-state index in [0.29, 0.717) is 17.9 Å². The second-order valence-corrected chi connectivity index (χ2v) is 4.11. The molecule has 0 saturated carbocycles. The Morgan fingerprint density at radius 2 is 1.95 bits per heavy atom. The van der Waals surface area contributed by atoms with E-state index in [1.807, 2.05) is 0 Å². The van der Waals surface area contributed by atoms with E-state index in [0.717, 1.165) is 0 Å². The van der Waals surface area contributed by atoms with Gasteiger partial charge in [-0.2, -0.15) is 0 Å². The molecule has 0 radical (unpaired) electrons. The van der Waals surface area contributed by atoms with Gasteiger partial charge in [0.05, 0.1) is 11.9 Å². The first kappa shape index (κ1) is 12.9. The fourth-order valence-electron chi connectivity index (χ4n) is 1.86. The molecular formula is C13H15N3O3. The summed E-state index contributed by atoms with van der Waals surface area (Å²) in [5.74, 6) is -0.224. The van der Waals surface area contributed by atoms with Gasteiger partial charge in [0.2, 0.25) is 11.8 Å². The van der Waals surface area contributed by atoms with Crippen molar-refractivity contribution in [3.63, 3.8) is 0 Å². The number of hydrogen-bond donors (Lipinski definition) is 2. The number of anilines is 1. The van der Waals surface area contributed by atoms with Crippen LogP contribution in [0.3, 0.4) is 0 Å². The molecule has 6 heteroatoms. The Bertz CT molecular complexity index is 653. The Morgan fingerprint density at radius 3 is 2.42 bits per heavy atom. The summed E-state index contributed by atoms with van der Waals surface area (Å²) in [6.45, 7) is 3.62. The summed E-state index contributed by atoms with van der Waals surface area (Å²) in [6, 6.07) is 6.80. The first-order valence-corrected chi connectivity index (χ1v) is 5.92. The topological polar surface area (TPSA) is 76.3 Å². The fraction of sp³-hybridized carbons (Fsp3) is 0.231. The number of nitrogens with zero attached hydrogens (tertiary/aromatic N) is 2. The summed E-state index contributed by atoms with van der Waals surface area (Å²) in [5.41, 5.74) is 0.984. The summed E-state index contributed by atoms with van der Waals surface area (Å²) < 4.78 is 2.62. The molecule has 0 aliphatic heterocycles. The van der Waals surface area contributed by atoms with Crippen LogP contribution in [0.15, 0.2) is 35.3 Å². The van der Waals surface area contributed by atoms with Crippen molar-refractivity contribution in [2.24, 2.45) is 0 Å². The van der Waals surface area contributed by atoms with E-state index in [1.54, 1.807) is 31.2 Å². The first-order valence-electron chi connectivity index (χ1n) is 5.92. The number of aromatic hydroxyl groups is 1. The van der Waals surface area contributed by atoms with Gasteiger partial charge in [0.1, 0.15) is 0 Å². The molecule has 0 saturated heterocycles. The van der Waals surface area contributed by atoms with E-state index in [9.17, 15) is 14.7 Å². The van der Waals surface area contributed by atoms with E-state index in [-0.39, 0.29) is 17.5 Å². The first-order chi connectivity index (χ1) is 9.02. The molecule has 0 fully saturated rings. The average molecular weight is 261 g/mol. The zero-order valence-corrected chi connectivity index (χ0v) is 10.8. The minimum absolute atomic E-state index is 0.0709. The highest BCUT2D eigenvalue weighted by molar-refractivity contribution is 5.88. The molecule has 2 N–H and O–H groups in total. The van der Waals surface area contributed by atoms with Crippen molar-refractivity contribution in [2.45, 2.75) is 20.4 Å². The van der Waals surface area contributed by atoms with Crippen LogP contribution < -0.4 is 11.0 Å². The van der Waals surface area contributed by atoms with E-state index >= 15 is 0 Å². The summed E-state index contributed by atoms with van der Waals surface area (Å²) in [4.78, 5) is 22.9. The lowest BCUT2D eigenvalue weighted by atomic mass is 10.3. The third-order valence-electron chi connectivity index (χ3n) is 2.74. The van der Waals surface area contributed by atoms with Crippen molar-refractivity contribution in [1.29, 1.82) is 0 Å². The van der Waals surface area contributed by atoms with Crippen molar-refractivity contribution >= 4 is 11.6 Å². The lowest BCUT2D eigenvalue weighted by Crippen LogP contribution is -2.22. The van der Waals surface area contributed by atoms with Crippen molar-refractivity contribution in [3.05, 3.63) is 40.9 Å². The van der Waals surface area contributed by atoms with Crippen molar-refractivity contribution in [2.75, 3.05) is 5.32 Å². The molecule has 0 atom stereocenters. The van der Waals surface area contributed by atoms with E-state index < -0.39 is 0 Å². The molecule has 0 bridgehead atoms. The smallest absolute Gasteiger partial charge is 0.335 e. The number of carbonyl (C=O) groups excluding carboxylic acids is 1. The number of aromatic nitrogens is 2. The van der Waals surface area contributed by atoms with Gasteiger partial charge in [0.25, 0.3) is 0 Å². The highest BCUT2D eigenvalue weighted by Crippen LogP contribution is 2.15. The molecule has 0 unspecified atom stereocenters. The van der Waals surface area contributed by atoms with Gasteiger partial charge in [-0.15, -0.1) is 0 Å². The second kappa shape index (κ2) is 5.01. The van der Waals surface area contributed by atoms with Crippen molar-refractivity contribution in [3.8, 4) is 11.6 Å². The molecule has 1 aromatic heterocycles. The van der Waals surface area contributed by atoms with Gasteiger partial charge in [-0.3, -0.25) is 13.9 Å². The molecular weight excluding hydrogens is 246 g/mol. The largest absolute Gasteiger partial charge is 0.493 e. The Hall–Kier alpha value is -2.50. The Labute approximate surface area is 109 Å². The minimum atomic E-state index is -0.299. The highest BCUT2D eigenvalue weighted by Gasteiger charge is 2.10. The Kier molecular flexibility index (Phi) is 3.41. The molecule has 19 heavy (non-hydrogen) atoms. The van der Waals surface area contributed by atoms with Crippen LogP contribution >= 0.6 is 0 Å². The predicted octanol–water partition coefficient (Wildman–Crippen LogP) is 1.32. The molecule has 6 nitrogen and oxygen atoms in total. The molecule has 2 rings (SSSR count). The minimum Gasteiger partial charge on any atom is -0.493 e. The van der Waals surface area contributed by atoms with Crippen molar-refractivity contribution < 1.29 is 9.90 Å². The van der Waals surface area contributed by atoms with Crippen LogP contribution in [0.4, 0.5) is 5.69 Å². The van der Waals surface area contributed by atoms with E-state index in [4.69, 9.17) is 0 Å². The maximum Gasteiger partial charge on any atom is 0.335 e. The standard InChI is InChI=1S/C13H15N3O3/c1-3-15-12(18)8-16(13(15)19)11-6-4-10(5-7-11)14-9(2)17/h4-8,18H,3H2,1-2H3,(H,14,17). The number of benzene rings is 1. The molecule has 1 heterocycles. The van der Waals surface area contributed by atoms with Gasteiger partial charge >= 0.3 is 5.69 Å². The summed E-state index contributed by atoms with van der Waals surface area (Å²) >= 11 is 0. The zero-order valence-electron chi connectivity index (χ0n) is 10.8. The predicted molar refractivity (Wildman–Crippen MR) is 71.7 cm³/mol. The molecule has 2 aromatic rings. The Morgan fingerprint density at radius 1 is 1.32 bits per heavy atom. The monoisotopic (exact) mass is 261 g/mol. The number of imidazole rings is 1. The van der Waals surface area contributed by atoms with Crippen LogP contribution in [0.5, 0.6) is 5.88 Å². The van der Waals surface area contributed by atoms with Gasteiger partial charge in [-0.25, -0.2) is 4.79 Å². The van der Waals surface area contributed by atoms with E-state index in [1.165, 1.54) is 22.3 Å². The van der Waals surface area contributed by atoms with E-state index in [2.05, 4.69) is 5.32 Å². The molecule has 1 amide bonds. The average Bonchev–Trinajstić information content (AvgIpc) is 2.64. The molecule has 100 valence electrons. The van der Waals surface area contributed by atoms with Gasteiger partial charge in [0.15, 0.2) is 0 Å². The normalized spacial score (nSPS) is 10.4. The third kappa shape index (κ3) is 2.52. The van der Waals surface area contributed by atoms with Gasteiger partial charge in [-0.1, -0.05) is 0 Å². The Balaban J connectivity index is 2.38. The maximum absolute atomic E-state index is 12.0.